The SMILES string of the molecule is O=S(=O)(c1ccc(F)c(Cl)c1)N1C2CCC1CC(Oc1cccnc1)C2. The predicted octanol–water partition coefficient (Wildman–Crippen LogP) is 3.64. The molecule has 26 heavy (non-hydrogen) atoms. The average Bonchev–Trinajstić information content (AvgIpc) is 2.90. The van der Waals surface area contributed by atoms with Crippen LogP contribution in [-0.4, -0.2) is 35.9 Å². The van der Waals surface area contributed by atoms with Gasteiger partial charge in [-0.15, -0.1) is 0 Å². The summed E-state index contributed by atoms with van der Waals surface area (Å²) in [4.78, 5) is 4.07. The van der Waals surface area contributed by atoms with Gasteiger partial charge in [-0.2, -0.15) is 4.31 Å². The standard InChI is InChI=1S/C18H18ClFN2O3S/c19-17-10-16(5-6-18(17)20)26(23,24)22-12-3-4-13(22)9-15(8-12)25-14-2-1-7-21-11-14/h1-2,5-7,10-13,15H,3-4,8-9H2. The number of pyridine rings is 1. The smallest absolute Gasteiger partial charge is 0.243 e. The van der Waals surface area contributed by atoms with E-state index in [4.69, 9.17) is 16.3 Å². The van der Waals surface area contributed by atoms with Crippen LogP contribution in [0.2, 0.25) is 5.02 Å². The lowest BCUT2D eigenvalue weighted by Gasteiger charge is -2.37. The van der Waals surface area contributed by atoms with Gasteiger partial charge in [0.2, 0.25) is 10.0 Å². The maximum Gasteiger partial charge on any atom is 0.243 e. The number of benzene rings is 1. The monoisotopic (exact) mass is 396 g/mol. The summed E-state index contributed by atoms with van der Waals surface area (Å²) in [6.07, 6.45) is 6.14. The molecular formula is C18H18ClFN2O3S. The molecule has 138 valence electrons. The van der Waals surface area contributed by atoms with E-state index >= 15 is 0 Å². The summed E-state index contributed by atoms with van der Waals surface area (Å²) in [7, 11) is -3.72. The molecule has 1 aromatic heterocycles. The molecule has 2 atom stereocenters. The van der Waals surface area contributed by atoms with Crippen LogP contribution in [0.4, 0.5) is 4.39 Å². The van der Waals surface area contributed by atoms with Crippen molar-refractivity contribution >= 4 is 21.6 Å². The van der Waals surface area contributed by atoms with Crippen molar-refractivity contribution in [2.75, 3.05) is 0 Å². The van der Waals surface area contributed by atoms with Gasteiger partial charge >= 0.3 is 0 Å². The van der Waals surface area contributed by atoms with Crippen LogP contribution in [0, 0.1) is 5.82 Å². The Hall–Kier alpha value is -1.70. The fourth-order valence-corrected chi connectivity index (χ4v) is 6.10. The second-order valence-electron chi connectivity index (χ2n) is 6.70. The third-order valence-corrected chi connectivity index (χ3v) is 7.32. The van der Waals surface area contributed by atoms with E-state index in [1.807, 2.05) is 12.1 Å². The van der Waals surface area contributed by atoms with Gasteiger partial charge in [0.05, 0.1) is 16.1 Å². The zero-order valence-electron chi connectivity index (χ0n) is 13.9. The van der Waals surface area contributed by atoms with Gasteiger partial charge in [0.1, 0.15) is 17.7 Å². The lowest BCUT2D eigenvalue weighted by atomic mass is 10.0. The maximum absolute atomic E-state index is 13.4. The number of ether oxygens (including phenoxy) is 1. The van der Waals surface area contributed by atoms with E-state index < -0.39 is 15.8 Å². The van der Waals surface area contributed by atoms with Crippen molar-refractivity contribution in [2.45, 2.75) is 48.8 Å². The van der Waals surface area contributed by atoms with Crippen molar-refractivity contribution in [3.8, 4) is 5.75 Å². The first-order valence-electron chi connectivity index (χ1n) is 8.50. The third kappa shape index (κ3) is 3.19. The van der Waals surface area contributed by atoms with Gasteiger partial charge in [-0.25, -0.2) is 12.8 Å². The topological polar surface area (TPSA) is 59.5 Å². The molecular weight excluding hydrogens is 379 g/mol. The summed E-state index contributed by atoms with van der Waals surface area (Å²) in [5, 5.41) is -0.187. The summed E-state index contributed by atoms with van der Waals surface area (Å²) in [5.74, 6) is 0.0655. The average molecular weight is 397 g/mol. The van der Waals surface area contributed by atoms with E-state index in [2.05, 4.69) is 4.98 Å². The van der Waals surface area contributed by atoms with E-state index in [-0.39, 0.29) is 28.1 Å². The zero-order valence-corrected chi connectivity index (χ0v) is 15.5. The lowest BCUT2D eigenvalue weighted by Crippen LogP contribution is -2.49. The van der Waals surface area contributed by atoms with Crippen LogP contribution in [0.15, 0.2) is 47.6 Å². The maximum atomic E-state index is 13.4. The van der Waals surface area contributed by atoms with E-state index in [0.717, 1.165) is 18.9 Å². The molecule has 2 aliphatic rings. The Bertz CT molecular complexity index is 896. The molecule has 2 unspecified atom stereocenters. The fourth-order valence-electron chi connectivity index (χ4n) is 3.94. The van der Waals surface area contributed by atoms with Crippen molar-refractivity contribution in [3.63, 3.8) is 0 Å². The van der Waals surface area contributed by atoms with E-state index in [0.29, 0.717) is 18.6 Å². The van der Waals surface area contributed by atoms with Crippen molar-refractivity contribution in [1.82, 2.24) is 9.29 Å². The third-order valence-electron chi connectivity index (χ3n) is 5.03. The molecule has 8 heteroatoms. The molecule has 2 aliphatic heterocycles. The van der Waals surface area contributed by atoms with Gasteiger partial charge in [-0.3, -0.25) is 4.98 Å². The molecule has 2 aromatic rings. The van der Waals surface area contributed by atoms with Crippen LogP contribution < -0.4 is 4.74 Å². The molecule has 2 fully saturated rings. The highest BCUT2D eigenvalue weighted by Gasteiger charge is 2.48. The molecule has 5 nitrogen and oxygen atoms in total. The second-order valence-corrected chi connectivity index (χ2v) is 8.95. The Morgan fingerprint density at radius 1 is 1.19 bits per heavy atom. The molecule has 0 aliphatic carbocycles. The number of rotatable bonds is 4. The zero-order chi connectivity index (χ0) is 18.3. The summed E-state index contributed by atoms with van der Waals surface area (Å²) < 4.78 is 47.1. The van der Waals surface area contributed by atoms with E-state index in [1.165, 1.54) is 12.1 Å². The minimum atomic E-state index is -3.72. The van der Waals surface area contributed by atoms with Crippen LogP contribution in [0.25, 0.3) is 0 Å². The molecule has 0 spiro atoms. The number of sulfonamides is 1. The molecule has 2 bridgehead atoms. The van der Waals surface area contributed by atoms with E-state index in [1.54, 1.807) is 16.7 Å². The van der Waals surface area contributed by atoms with Crippen molar-refractivity contribution < 1.29 is 17.5 Å². The lowest BCUT2D eigenvalue weighted by molar-refractivity contribution is 0.0953. The normalized spacial score (nSPS) is 26.0. The highest BCUT2D eigenvalue weighted by molar-refractivity contribution is 7.89. The number of halogens is 2. The van der Waals surface area contributed by atoms with Gasteiger partial charge in [0, 0.05) is 31.1 Å². The number of aromatic nitrogens is 1. The van der Waals surface area contributed by atoms with Gasteiger partial charge in [0.25, 0.3) is 0 Å². The van der Waals surface area contributed by atoms with Crippen molar-refractivity contribution in [1.29, 1.82) is 0 Å². The van der Waals surface area contributed by atoms with Crippen LogP contribution in [0.5, 0.6) is 5.75 Å². The Morgan fingerprint density at radius 2 is 1.92 bits per heavy atom. The highest BCUT2D eigenvalue weighted by atomic mass is 35.5. The fraction of sp³-hybridized carbons (Fsp3) is 0.389. The molecule has 3 heterocycles. The number of hydrogen-bond acceptors (Lipinski definition) is 4. The number of nitrogens with zero attached hydrogens (tertiary/aromatic N) is 2. The first kappa shape index (κ1) is 17.7. The number of piperidine rings is 1. The Kier molecular flexibility index (Phi) is 4.62. The first-order valence-corrected chi connectivity index (χ1v) is 10.3. The van der Waals surface area contributed by atoms with Crippen molar-refractivity contribution in [3.05, 3.63) is 53.6 Å². The van der Waals surface area contributed by atoms with Gasteiger partial charge in [0.15, 0.2) is 0 Å². The molecule has 4 rings (SSSR count). The quantitative estimate of drug-likeness (QED) is 0.791. The summed E-state index contributed by atoms with van der Waals surface area (Å²) >= 11 is 5.78. The van der Waals surface area contributed by atoms with Crippen LogP contribution >= 0.6 is 11.6 Å². The van der Waals surface area contributed by atoms with Crippen LogP contribution in [0.3, 0.4) is 0 Å². The minimum Gasteiger partial charge on any atom is -0.489 e. The van der Waals surface area contributed by atoms with Crippen molar-refractivity contribution in [2.24, 2.45) is 0 Å². The second kappa shape index (κ2) is 6.79. The molecule has 1 aromatic carbocycles. The Morgan fingerprint density at radius 3 is 2.54 bits per heavy atom. The molecule has 0 amide bonds. The van der Waals surface area contributed by atoms with Crippen LogP contribution in [-0.2, 0) is 10.0 Å². The number of hydrogen-bond donors (Lipinski definition) is 0. The molecule has 0 N–H and O–H groups in total. The molecule has 0 saturated carbocycles. The first-order chi connectivity index (χ1) is 12.4. The Labute approximate surface area is 156 Å². The minimum absolute atomic E-state index is 0.0347. The summed E-state index contributed by atoms with van der Waals surface area (Å²) in [5.41, 5.74) is 0. The molecule has 2 saturated heterocycles. The highest BCUT2D eigenvalue weighted by Crippen LogP contribution is 2.41. The summed E-state index contributed by atoms with van der Waals surface area (Å²) in [6.45, 7) is 0. The predicted molar refractivity (Wildman–Crippen MR) is 95.1 cm³/mol. The van der Waals surface area contributed by atoms with Gasteiger partial charge in [-0.1, -0.05) is 11.6 Å². The van der Waals surface area contributed by atoms with Gasteiger partial charge in [-0.05, 0) is 43.2 Å². The number of fused-ring (bicyclic) bond motifs is 2. The van der Waals surface area contributed by atoms with Gasteiger partial charge < -0.3 is 4.74 Å². The summed E-state index contributed by atoms with van der Waals surface area (Å²) in [6, 6.07) is 6.96. The van der Waals surface area contributed by atoms with Crippen LogP contribution in [0.1, 0.15) is 25.7 Å². The largest absolute Gasteiger partial charge is 0.489 e. The van der Waals surface area contributed by atoms with E-state index in [9.17, 15) is 12.8 Å². The molecule has 0 radical (unpaired) electrons. The Balaban J connectivity index is 1.55.